The van der Waals surface area contributed by atoms with Crippen molar-refractivity contribution in [3.8, 4) is 11.5 Å². The van der Waals surface area contributed by atoms with Gasteiger partial charge in [0.1, 0.15) is 5.75 Å². The first-order valence-electron chi connectivity index (χ1n) is 10.5. The average molecular weight is 450 g/mol. The molecule has 1 aliphatic heterocycles. The van der Waals surface area contributed by atoms with Gasteiger partial charge in [-0.05, 0) is 43.9 Å². The van der Waals surface area contributed by atoms with E-state index >= 15 is 0 Å². The third kappa shape index (κ3) is 4.05. The number of aliphatic hydroxyl groups excluding tert-OH is 1. The van der Waals surface area contributed by atoms with Crippen molar-refractivity contribution >= 4 is 22.7 Å². The minimum absolute atomic E-state index is 0.0121. The molecule has 0 aliphatic carbocycles. The summed E-state index contributed by atoms with van der Waals surface area (Å²) >= 11 is 0. The molecule has 33 heavy (non-hydrogen) atoms. The topological polar surface area (TPSA) is 92.4 Å². The number of fused-ring (bicyclic) bond motifs is 1. The molecule has 0 saturated heterocycles. The zero-order valence-electron chi connectivity index (χ0n) is 19.0. The minimum atomic E-state index is -0.758. The van der Waals surface area contributed by atoms with Crippen LogP contribution in [0.1, 0.15) is 22.2 Å². The predicted molar refractivity (Wildman–Crippen MR) is 123 cm³/mol. The largest absolute Gasteiger partial charge is 0.503 e. The van der Waals surface area contributed by atoms with Gasteiger partial charge in [-0.15, -0.1) is 0 Å². The number of benzene rings is 2. The molecule has 8 heteroatoms. The third-order valence-corrected chi connectivity index (χ3v) is 5.72. The van der Waals surface area contributed by atoms with Crippen molar-refractivity contribution in [2.45, 2.75) is 6.04 Å². The van der Waals surface area contributed by atoms with Gasteiger partial charge in [-0.3, -0.25) is 9.59 Å². The van der Waals surface area contributed by atoms with Crippen molar-refractivity contribution in [1.29, 1.82) is 0 Å². The Morgan fingerprint density at radius 2 is 1.85 bits per heavy atom. The number of furan rings is 1. The first kappa shape index (κ1) is 22.4. The highest BCUT2D eigenvalue weighted by molar-refractivity contribution is 6.16. The molecular formula is C25H26N2O6. The molecule has 172 valence electrons. The fourth-order valence-corrected chi connectivity index (χ4v) is 4.00. The number of rotatable bonds is 8. The van der Waals surface area contributed by atoms with Gasteiger partial charge in [-0.1, -0.05) is 24.3 Å². The maximum absolute atomic E-state index is 13.6. The number of ketones is 1. The lowest BCUT2D eigenvalue weighted by molar-refractivity contribution is -0.129. The van der Waals surface area contributed by atoms with Gasteiger partial charge in [0.05, 0.1) is 25.8 Å². The molecule has 8 nitrogen and oxygen atoms in total. The van der Waals surface area contributed by atoms with Crippen LogP contribution in [0.3, 0.4) is 0 Å². The van der Waals surface area contributed by atoms with Crippen LogP contribution in [0.15, 0.2) is 64.3 Å². The predicted octanol–water partition coefficient (Wildman–Crippen LogP) is 3.59. The third-order valence-electron chi connectivity index (χ3n) is 5.72. The van der Waals surface area contributed by atoms with Crippen LogP contribution in [0.5, 0.6) is 11.5 Å². The molecule has 1 aliphatic rings. The van der Waals surface area contributed by atoms with Gasteiger partial charge in [-0.2, -0.15) is 0 Å². The summed E-state index contributed by atoms with van der Waals surface area (Å²) in [7, 11) is 6.87. The number of nitrogens with zero attached hydrogens (tertiary/aromatic N) is 2. The van der Waals surface area contributed by atoms with E-state index in [0.29, 0.717) is 41.1 Å². The zero-order chi connectivity index (χ0) is 23.7. The fourth-order valence-electron chi connectivity index (χ4n) is 4.00. The Labute approximate surface area is 191 Å². The Balaban J connectivity index is 1.79. The lowest BCUT2D eigenvalue weighted by Gasteiger charge is -2.28. The molecule has 0 saturated carbocycles. The smallest absolute Gasteiger partial charge is 0.290 e. The van der Waals surface area contributed by atoms with Crippen molar-refractivity contribution in [2.75, 3.05) is 41.4 Å². The molecular weight excluding hydrogens is 424 g/mol. The van der Waals surface area contributed by atoms with Crippen molar-refractivity contribution in [3.05, 3.63) is 71.2 Å². The summed E-state index contributed by atoms with van der Waals surface area (Å²) in [5.41, 5.74) is 1.10. The van der Waals surface area contributed by atoms with E-state index in [1.165, 1.54) is 12.0 Å². The van der Waals surface area contributed by atoms with Gasteiger partial charge in [0, 0.05) is 18.5 Å². The van der Waals surface area contributed by atoms with Crippen molar-refractivity contribution in [1.82, 2.24) is 9.80 Å². The molecule has 0 fully saturated rings. The number of para-hydroxylation sites is 1. The highest BCUT2D eigenvalue weighted by atomic mass is 16.5. The summed E-state index contributed by atoms with van der Waals surface area (Å²) in [4.78, 5) is 30.1. The Kier molecular flexibility index (Phi) is 6.11. The Morgan fingerprint density at radius 1 is 1.12 bits per heavy atom. The number of Topliss-reactive ketones (excluding diaryl/α,β-unsaturated/α-hetero) is 1. The summed E-state index contributed by atoms with van der Waals surface area (Å²) in [6.07, 6.45) is 0. The molecule has 1 amide bonds. The summed E-state index contributed by atoms with van der Waals surface area (Å²) < 4.78 is 16.4. The maximum Gasteiger partial charge on any atom is 0.290 e. The summed E-state index contributed by atoms with van der Waals surface area (Å²) in [5.74, 6) is -0.536. The van der Waals surface area contributed by atoms with E-state index in [1.54, 1.807) is 55.6 Å². The van der Waals surface area contributed by atoms with Gasteiger partial charge in [0.15, 0.2) is 22.9 Å². The molecule has 3 aromatic rings. The molecule has 0 radical (unpaired) electrons. The average Bonchev–Trinajstić information content (AvgIpc) is 3.36. The monoisotopic (exact) mass is 450 g/mol. The molecule has 0 spiro atoms. The number of ether oxygens (including phenoxy) is 2. The van der Waals surface area contributed by atoms with E-state index in [1.807, 2.05) is 19.0 Å². The number of carbonyl (C=O) groups is 2. The quantitative estimate of drug-likeness (QED) is 0.524. The normalized spacial score (nSPS) is 16.2. The van der Waals surface area contributed by atoms with E-state index in [0.717, 1.165) is 0 Å². The van der Waals surface area contributed by atoms with Crippen LogP contribution >= 0.6 is 0 Å². The highest BCUT2D eigenvalue weighted by Gasteiger charge is 2.44. The Hall–Kier alpha value is -3.78. The molecule has 1 N–H and O–H groups in total. The van der Waals surface area contributed by atoms with Crippen LogP contribution in [-0.2, 0) is 4.79 Å². The number of likely N-dealkylation sites (N-methyl/N-ethyl adjacent to an activating group) is 1. The summed E-state index contributed by atoms with van der Waals surface area (Å²) in [6, 6.07) is 13.3. The van der Waals surface area contributed by atoms with Gasteiger partial charge < -0.3 is 28.8 Å². The van der Waals surface area contributed by atoms with Crippen LogP contribution in [0.2, 0.25) is 0 Å². The van der Waals surface area contributed by atoms with Crippen LogP contribution < -0.4 is 9.47 Å². The molecule has 0 bridgehead atoms. The zero-order valence-corrected chi connectivity index (χ0v) is 19.0. The van der Waals surface area contributed by atoms with Crippen LogP contribution in [0, 0.1) is 0 Å². The summed E-state index contributed by atoms with van der Waals surface area (Å²) in [6.45, 7) is 0.895. The molecule has 0 unspecified atom stereocenters. The van der Waals surface area contributed by atoms with E-state index in [4.69, 9.17) is 13.9 Å². The Bertz CT molecular complexity index is 1230. The number of methoxy groups -OCH3 is 2. The standard InChI is InChI=1S/C25H26N2O6/c1-26(2)12-13-27-21(15-8-10-17(31-3)11-9-15)20(23(29)25(27)30)22(28)19-14-16-6-5-7-18(32-4)24(16)33-19/h5-11,14,21,29H,12-13H2,1-4H3/t21-/m0/s1. The molecule has 1 atom stereocenters. The lowest BCUT2D eigenvalue weighted by atomic mass is 9.95. The minimum Gasteiger partial charge on any atom is -0.503 e. The van der Waals surface area contributed by atoms with Gasteiger partial charge in [0.2, 0.25) is 5.78 Å². The number of hydrogen-bond acceptors (Lipinski definition) is 7. The number of hydrogen-bond donors (Lipinski definition) is 1. The van der Waals surface area contributed by atoms with Crippen LogP contribution in [0.4, 0.5) is 0 Å². The molecule has 1 aromatic heterocycles. The SMILES string of the molecule is COc1ccc([C@H]2C(C(=O)c3cc4cccc(OC)c4o3)=C(O)C(=O)N2CCN(C)C)cc1. The van der Waals surface area contributed by atoms with E-state index in [2.05, 4.69) is 0 Å². The molecule has 4 rings (SSSR count). The first-order valence-corrected chi connectivity index (χ1v) is 10.5. The van der Waals surface area contributed by atoms with E-state index in [-0.39, 0.29) is 11.3 Å². The first-order chi connectivity index (χ1) is 15.8. The number of carbonyl (C=O) groups excluding carboxylic acids is 2. The number of aliphatic hydroxyl groups is 1. The van der Waals surface area contributed by atoms with E-state index in [9.17, 15) is 14.7 Å². The van der Waals surface area contributed by atoms with Crippen molar-refractivity contribution in [3.63, 3.8) is 0 Å². The fraction of sp³-hybridized carbons (Fsp3) is 0.280. The van der Waals surface area contributed by atoms with Crippen molar-refractivity contribution < 1.29 is 28.6 Å². The number of amides is 1. The second-order valence-electron chi connectivity index (χ2n) is 8.06. The summed E-state index contributed by atoms with van der Waals surface area (Å²) in [5, 5.41) is 11.5. The second kappa shape index (κ2) is 8.99. The lowest BCUT2D eigenvalue weighted by Crippen LogP contribution is -2.36. The van der Waals surface area contributed by atoms with E-state index < -0.39 is 23.5 Å². The molecule has 2 heterocycles. The van der Waals surface area contributed by atoms with Crippen molar-refractivity contribution in [2.24, 2.45) is 0 Å². The molecule has 2 aromatic carbocycles. The highest BCUT2D eigenvalue weighted by Crippen LogP contribution is 2.40. The van der Waals surface area contributed by atoms with Crippen LogP contribution in [-0.4, -0.2) is 68.0 Å². The Morgan fingerprint density at radius 3 is 2.48 bits per heavy atom. The maximum atomic E-state index is 13.6. The second-order valence-corrected chi connectivity index (χ2v) is 8.06. The van der Waals surface area contributed by atoms with Gasteiger partial charge >= 0.3 is 0 Å². The van der Waals surface area contributed by atoms with Gasteiger partial charge in [0.25, 0.3) is 5.91 Å². The van der Waals surface area contributed by atoms with Crippen LogP contribution in [0.25, 0.3) is 11.0 Å². The van der Waals surface area contributed by atoms with Gasteiger partial charge in [-0.25, -0.2) is 0 Å².